The molecule has 0 aliphatic rings. The second-order valence-electron chi connectivity index (χ2n) is 4.45. The Kier molecular flexibility index (Phi) is 6.38. The molecule has 0 saturated heterocycles. The number of hydrogen-bond acceptors (Lipinski definition) is 2. The first-order chi connectivity index (χ1) is 8.19. The summed E-state index contributed by atoms with van der Waals surface area (Å²) in [6.45, 7) is 3.94. The van der Waals surface area contributed by atoms with E-state index in [0.717, 1.165) is 23.7 Å². The van der Waals surface area contributed by atoms with Crippen LogP contribution in [0.15, 0.2) is 18.2 Å². The summed E-state index contributed by atoms with van der Waals surface area (Å²) in [4.78, 5) is 2.23. The van der Waals surface area contributed by atoms with Gasteiger partial charge < -0.3 is 10.6 Å². The summed E-state index contributed by atoms with van der Waals surface area (Å²) in [6.07, 6.45) is 4.62. The molecule has 0 atom stereocenters. The third-order valence-electron chi connectivity index (χ3n) is 2.95. The van der Waals surface area contributed by atoms with Crippen molar-refractivity contribution in [3.63, 3.8) is 0 Å². The zero-order chi connectivity index (χ0) is 12.7. The second kappa shape index (κ2) is 7.57. The minimum atomic E-state index is 0.669. The van der Waals surface area contributed by atoms with Crippen LogP contribution in [0.25, 0.3) is 0 Å². The van der Waals surface area contributed by atoms with E-state index in [1.165, 1.54) is 24.8 Å². The number of nitrogens with two attached hydrogens (primary N) is 1. The van der Waals surface area contributed by atoms with Crippen molar-refractivity contribution < 1.29 is 0 Å². The van der Waals surface area contributed by atoms with Crippen LogP contribution in [-0.4, -0.2) is 20.1 Å². The summed E-state index contributed by atoms with van der Waals surface area (Å²) in [5.41, 5.74) is 7.86. The van der Waals surface area contributed by atoms with Gasteiger partial charge in [0.15, 0.2) is 0 Å². The van der Waals surface area contributed by atoms with E-state index in [1.807, 2.05) is 6.07 Å². The standard InChI is InChI=1S/C14H23ClN2/c1-3-4-5-10-17(2)14-7-6-12(8-9-16)11-13(14)15/h6-7,11H,3-5,8-10,16H2,1-2H3. The van der Waals surface area contributed by atoms with Gasteiger partial charge in [-0.05, 0) is 37.1 Å². The molecule has 0 unspecified atom stereocenters. The van der Waals surface area contributed by atoms with Gasteiger partial charge in [0.05, 0.1) is 10.7 Å². The number of anilines is 1. The topological polar surface area (TPSA) is 29.3 Å². The van der Waals surface area contributed by atoms with Gasteiger partial charge in [-0.2, -0.15) is 0 Å². The van der Waals surface area contributed by atoms with Crippen molar-refractivity contribution in [1.82, 2.24) is 0 Å². The summed E-state index contributed by atoms with van der Waals surface area (Å²) in [5, 5.41) is 0.829. The van der Waals surface area contributed by atoms with Crippen molar-refractivity contribution in [2.24, 2.45) is 5.73 Å². The lowest BCUT2D eigenvalue weighted by molar-refractivity contribution is 0.705. The summed E-state index contributed by atoms with van der Waals surface area (Å²) in [7, 11) is 2.10. The van der Waals surface area contributed by atoms with Gasteiger partial charge in [-0.3, -0.25) is 0 Å². The van der Waals surface area contributed by atoms with Crippen molar-refractivity contribution in [1.29, 1.82) is 0 Å². The van der Waals surface area contributed by atoms with Crippen LogP contribution in [0, 0.1) is 0 Å². The van der Waals surface area contributed by atoms with Crippen LogP contribution in [0.2, 0.25) is 5.02 Å². The minimum absolute atomic E-state index is 0.669. The monoisotopic (exact) mass is 254 g/mol. The van der Waals surface area contributed by atoms with E-state index < -0.39 is 0 Å². The summed E-state index contributed by atoms with van der Waals surface area (Å²) in [5.74, 6) is 0. The summed E-state index contributed by atoms with van der Waals surface area (Å²) in [6, 6.07) is 6.24. The Balaban J connectivity index is 2.63. The molecule has 1 aromatic carbocycles. The van der Waals surface area contributed by atoms with Crippen LogP contribution in [0.1, 0.15) is 31.7 Å². The predicted octanol–water partition coefficient (Wildman–Crippen LogP) is 3.47. The number of hydrogen-bond donors (Lipinski definition) is 1. The van der Waals surface area contributed by atoms with E-state index in [-0.39, 0.29) is 0 Å². The maximum absolute atomic E-state index is 6.29. The van der Waals surface area contributed by atoms with Crippen LogP contribution in [-0.2, 0) is 6.42 Å². The van der Waals surface area contributed by atoms with E-state index >= 15 is 0 Å². The highest BCUT2D eigenvalue weighted by Gasteiger charge is 2.06. The SMILES string of the molecule is CCCCCN(C)c1ccc(CCN)cc1Cl. The predicted molar refractivity (Wildman–Crippen MR) is 77.0 cm³/mol. The van der Waals surface area contributed by atoms with Crippen LogP contribution >= 0.6 is 11.6 Å². The first kappa shape index (κ1) is 14.3. The quantitative estimate of drug-likeness (QED) is 0.755. The lowest BCUT2D eigenvalue weighted by Crippen LogP contribution is -2.18. The number of nitrogens with zero attached hydrogens (tertiary/aromatic N) is 1. The van der Waals surface area contributed by atoms with E-state index in [2.05, 4.69) is 31.0 Å². The molecule has 0 aliphatic heterocycles. The average molecular weight is 255 g/mol. The molecule has 0 bridgehead atoms. The lowest BCUT2D eigenvalue weighted by atomic mass is 10.1. The normalized spacial score (nSPS) is 10.6. The molecule has 0 amide bonds. The Labute approximate surface area is 110 Å². The Morgan fingerprint density at radius 1 is 1.29 bits per heavy atom. The van der Waals surface area contributed by atoms with Crippen LogP contribution < -0.4 is 10.6 Å². The van der Waals surface area contributed by atoms with Crippen molar-refractivity contribution >= 4 is 17.3 Å². The first-order valence-electron chi connectivity index (χ1n) is 6.38. The molecule has 1 aromatic rings. The lowest BCUT2D eigenvalue weighted by Gasteiger charge is -2.21. The number of halogens is 1. The highest BCUT2D eigenvalue weighted by Crippen LogP contribution is 2.26. The molecule has 1 rings (SSSR count). The van der Waals surface area contributed by atoms with Gasteiger partial charge in [0.25, 0.3) is 0 Å². The molecule has 0 saturated carbocycles. The fraction of sp³-hybridized carbons (Fsp3) is 0.571. The minimum Gasteiger partial charge on any atom is -0.373 e. The average Bonchev–Trinajstić information content (AvgIpc) is 2.29. The van der Waals surface area contributed by atoms with Crippen molar-refractivity contribution in [2.45, 2.75) is 32.6 Å². The number of unbranched alkanes of at least 4 members (excludes halogenated alkanes) is 2. The molecule has 0 aromatic heterocycles. The van der Waals surface area contributed by atoms with Gasteiger partial charge in [0.2, 0.25) is 0 Å². The number of benzene rings is 1. The smallest absolute Gasteiger partial charge is 0.0642 e. The van der Waals surface area contributed by atoms with Gasteiger partial charge in [-0.25, -0.2) is 0 Å². The zero-order valence-electron chi connectivity index (χ0n) is 10.9. The van der Waals surface area contributed by atoms with Crippen LogP contribution in [0.3, 0.4) is 0 Å². The van der Waals surface area contributed by atoms with Gasteiger partial charge in [0, 0.05) is 13.6 Å². The van der Waals surface area contributed by atoms with E-state index in [1.54, 1.807) is 0 Å². The molecular formula is C14H23ClN2. The van der Waals surface area contributed by atoms with E-state index in [0.29, 0.717) is 6.54 Å². The van der Waals surface area contributed by atoms with Crippen molar-refractivity contribution in [2.75, 3.05) is 25.0 Å². The summed E-state index contributed by atoms with van der Waals surface area (Å²) >= 11 is 6.29. The van der Waals surface area contributed by atoms with E-state index in [4.69, 9.17) is 17.3 Å². The van der Waals surface area contributed by atoms with Gasteiger partial charge >= 0.3 is 0 Å². The van der Waals surface area contributed by atoms with E-state index in [9.17, 15) is 0 Å². The highest BCUT2D eigenvalue weighted by molar-refractivity contribution is 6.33. The Bertz CT molecular complexity index is 339. The maximum atomic E-state index is 6.29. The molecule has 0 aliphatic carbocycles. The van der Waals surface area contributed by atoms with Crippen LogP contribution in [0.5, 0.6) is 0 Å². The van der Waals surface area contributed by atoms with Gasteiger partial charge in [-0.15, -0.1) is 0 Å². The zero-order valence-corrected chi connectivity index (χ0v) is 11.6. The Morgan fingerprint density at radius 3 is 2.65 bits per heavy atom. The molecule has 2 nitrogen and oxygen atoms in total. The molecule has 0 heterocycles. The van der Waals surface area contributed by atoms with Gasteiger partial charge in [0.1, 0.15) is 0 Å². The van der Waals surface area contributed by atoms with Gasteiger partial charge in [-0.1, -0.05) is 37.4 Å². The molecule has 17 heavy (non-hydrogen) atoms. The molecular weight excluding hydrogens is 232 g/mol. The Hall–Kier alpha value is -0.730. The molecule has 0 spiro atoms. The van der Waals surface area contributed by atoms with Crippen LogP contribution in [0.4, 0.5) is 5.69 Å². The third kappa shape index (κ3) is 4.57. The molecule has 3 heteroatoms. The Morgan fingerprint density at radius 2 is 2.06 bits per heavy atom. The molecule has 2 N–H and O–H groups in total. The summed E-state index contributed by atoms with van der Waals surface area (Å²) < 4.78 is 0. The van der Waals surface area contributed by atoms with Crippen molar-refractivity contribution in [3.8, 4) is 0 Å². The fourth-order valence-corrected chi connectivity index (χ4v) is 2.25. The first-order valence-corrected chi connectivity index (χ1v) is 6.76. The molecule has 0 radical (unpaired) electrons. The number of rotatable bonds is 7. The second-order valence-corrected chi connectivity index (χ2v) is 4.86. The largest absolute Gasteiger partial charge is 0.373 e. The third-order valence-corrected chi connectivity index (χ3v) is 3.26. The van der Waals surface area contributed by atoms with Crippen molar-refractivity contribution in [3.05, 3.63) is 28.8 Å². The maximum Gasteiger partial charge on any atom is 0.0642 e. The fourth-order valence-electron chi connectivity index (χ4n) is 1.90. The molecule has 96 valence electrons. The molecule has 0 fully saturated rings. The highest BCUT2D eigenvalue weighted by atomic mass is 35.5.